The molecule has 8 heteroatoms. The topological polar surface area (TPSA) is 61.1 Å². The Morgan fingerprint density at radius 2 is 0.714 bits per heavy atom. The van der Waals surface area contributed by atoms with Crippen molar-refractivity contribution in [3.05, 3.63) is 229 Å². The standard InChI is InChI=1S/C62H60N8/c1-5-13-45(14-6-1)67(46-15-7-2-8-16-46)51-29-31-57-53(39-51)55-41-63-35-33-59(55)69(57)49-25-21-43(22-26-49)61-62(66-38-37-65-61)44-23-27-50(28-24-44)70-58-32-30-52(40-54(58)56-42-64-36-34-60(56)70)68(47-17-9-3-10-18-47)48-19-11-4-12-20-48/h1-32,39-40,55-56,59-66H,33-38,41-42H2. The van der Waals surface area contributed by atoms with Crippen molar-refractivity contribution in [2.24, 2.45) is 0 Å². The van der Waals surface area contributed by atoms with Gasteiger partial charge in [-0.1, -0.05) is 97.1 Å². The van der Waals surface area contributed by atoms with Crippen molar-refractivity contribution >= 4 is 56.9 Å². The zero-order chi connectivity index (χ0) is 46.4. The summed E-state index contributed by atoms with van der Waals surface area (Å²) < 4.78 is 0. The van der Waals surface area contributed by atoms with Crippen molar-refractivity contribution in [1.82, 2.24) is 21.3 Å². The van der Waals surface area contributed by atoms with Gasteiger partial charge in [-0.25, -0.2) is 0 Å². The SMILES string of the molecule is c1ccc(N(c2ccccc2)c2ccc3c(c2)C2CNCCC2N3c2ccc(C3NCCNC3c3ccc(N4c5ccc(N(c6ccccc6)c6ccccc6)cc5C5CNCCC54)cc3)cc2)cc1. The Kier molecular flexibility index (Phi) is 11.4. The fourth-order valence-corrected chi connectivity index (χ4v) is 12.6. The first-order valence-corrected chi connectivity index (χ1v) is 25.5. The smallest absolute Gasteiger partial charge is 0.0518 e. The Morgan fingerprint density at radius 1 is 0.357 bits per heavy atom. The maximum Gasteiger partial charge on any atom is 0.0518 e. The van der Waals surface area contributed by atoms with E-state index in [-0.39, 0.29) is 12.1 Å². The maximum atomic E-state index is 3.93. The first-order valence-electron chi connectivity index (χ1n) is 25.5. The van der Waals surface area contributed by atoms with Crippen LogP contribution in [0.1, 0.15) is 59.0 Å². The number of hydrogen-bond donors (Lipinski definition) is 4. The molecule has 70 heavy (non-hydrogen) atoms. The molecule has 4 N–H and O–H groups in total. The summed E-state index contributed by atoms with van der Waals surface area (Å²) in [5.41, 5.74) is 17.7. The van der Waals surface area contributed by atoms with Crippen LogP contribution in [0.25, 0.3) is 0 Å². The third-order valence-electron chi connectivity index (χ3n) is 15.7. The Morgan fingerprint density at radius 3 is 1.07 bits per heavy atom. The summed E-state index contributed by atoms with van der Waals surface area (Å²) in [6, 6.07) is 77.4. The molecule has 0 bridgehead atoms. The van der Waals surface area contributed by atoms with Crippen LogP contribution in [0.5, 0.6) is 0 Å². The number of anilines is 10. The molecule has 5 aliphatic rings. The maximum absolute atomic E-state index is 3.93. The molecule has 5 aliphatic heterocycles. The summed E-state index contributed by atoms with van der Waals surface area (Å²) in [6.45, 7) is 5.88. The Bertz CT molecular complexity index is 2770. The average Bonchev–Trinajstić information content (AvgIpc) is 3.95. The number of hydrogen-bond acceptors (Lipinski definition) is 8. The van der Waals surface area contributed by atoms with E-state index < -0.39 is 0 Å². The second kappa shape index (κ2) is 18.6. The fourth-order valence-electron chi connectivity index (χ4n) is 12.6. The van der Waals surface area contributed by atoms with Gasteiger partial charge in [0.05, 0.1) is 12.1 Å². The molecular weight excluding hydrogens is 857 g/mol. The largest absolute Gasteiger partial charge is 0.337 e. The highest BCUT2D eigenvalue weighted by atomic mass is 15.2. The summed E-state index contributed by atoms with van der Waals surface area (Å²) in [6.07, 6.45) is 2.21. The minimum atomic E-state index is 0.146. The summed E-state index contributed by atoms with van der Waals surface area (Å²) in [5, 5.41) is 15.3. The van der Waals surface area contributed by atoms with Crippen molar-refractivity contribution in [1.29, 1.82) is 0 Å². The molecule has 13 rings (SSSR count). The van der Waals surface area contributed by atoms with Crippen molar-refractivity contribution in [3.8, 4) is 0 Å². The summed E-state index contributed by atoms with van der Waals surface area (Å²) in [7, 11) is 0. The van der Waals surface area contributed by atoms with Gasteiger partial charge in [-0.15, -0.1) is 0 Å². The van der Waals surface area contributed by atoms with Crippen LogP contribution in [0.15, 0.2) is 206 Å². The number of nitrogens with one attached hydrogen (secondary N) is 4. The molecule has 8 nitrogen and oxygen atoms in total. The van der Waals surface area contributed by atoms with Gasteiger partial charge in [0.25, 0.3) is 0 Å². The number of piperazine rings is 1. The molecule has 3 fully saturated rings. The van der Waals surface area contributed by atoms with E-state index in [1.165, 1.54) is 56.4 Å². The molecule has 0 saturated carbocycles. The molecule has 8 aromatic rings. The summed E-state index contributed by atoms with van der Waals surface area (Å²) >= 11 is 0. The van der Waals surface area contributed by atoms with Gasteiger partial charge in [0.2, 0.25) is 0 Å². The quantitative estimate of drug-likeness (QED) is 0.108. The molecule has 5 heterocycles. The van der Waals surface area contributed by atoms with E-state index in [0.29, 0.717) is 23.9 Å². The predicted octanol–water partition coefficient (Wildman–Crippen LogP) is 12.8. The van der Waals surface area contributed by atoms with Gasteiger partial charge >= 0.3 is 0 Å². The highest BCUT2D eigenvalue weighted by Crippen LogP contribution is 2.52. The van der Waals surface area contributed by atoms with E-state index in [0.717, 1.165) is 74.9 Å². The van der Waals surface area contributed by atoms with Crippen molar-refractivity contribution in [2.75, 3.05) is 58.9 Å². The number of fused-ring (bicyclic) bond motifs is 6. The van der Waals surface area contributed by atoms with Crippen molar-refractivity contribution in [3.63, 3.8) is 0 Å². The van der Waals surface area contributed by atoms with Gasteiger partial charge in [0.1, 0.15) is 0 Å². The molecule has 0 aromatic heterocycles. The van der Waals surface area contributed by atoms with E-state index >= 15 is 0 Å². The van der Waals surface area contributed by atoms with E-state index in [2.05, 4.69) is 247 Å². The second-order valence-corrected chi connectivity index (χ2v) is 19.6. The molecule has 0 amide bonds. The monoisotopic (exact) mass is 916 g/mol. The minimum absolute atomic E-state index is 0.146. The molecule has 0 spiro atoms. The zero-order valence-corrected chi connectivity index (χ0v) is 39.5. The first-order chi connectivity index (χ1) is 34.7. The normalized spacial score (nSPS) is 22.4. The molecule has 6 atom stereocenters. The van der Waals surface area contributed by atoms with Gasteiger partial charge in [-0.2, -0.15) is 0 Å². The Hall–Kier alpha value is -7.20. The van der Waals surface area contributed by atoms with Crippen LogP contribution in [0, 0.1) is 0 Å². The zero-order valence-electron chi connectivity index (χ0n) is 39.5. The Labute approximate surface area is 412 Å². The van der Waals surface area contributed by atoms with E-state index in [1.54, 1.807) is 0 Å². The van der Waals surface area contributed by atoms with Gasteiger partial charge in [0.15, 0.2) is 0 Å². The number of piperidine rings is 2. The predicted molar refractivity (Wildman–Crippen MR) is 289 cm³/mol. The summed E-state index contributed by atoms with van der Waals surface area (Å²) in [5.74, 6) is 0.815. The van der Waals surface area contributed by atoms with Crippen molar-refractivity contribution in [2.45, 2.75) is 48.8 Å². The third-order valence-corrected chi connectivity index (χ3v) is 15.7. The first kappa shape index (κ1) is 42.9. The third kappa shape index (κ3) is 7.72. The van der Waals surface area contributed by atoms with E-state index in [4.69, 9.17) is 0 Å². The molecule has 3 saturated heterocycles. The van der Waals surface area contributed by atoms with Crippen LogP contribution in [0.2, 0.25) is 0 Å². The average molecular weight is 917 g/mol. The van der Waals surface area contributed by atoms with Crippen molar-refractivity contribution < 1.29 is 0 Å². The second-order valence-electron chi connectivity index (χ2n) is 19.6. The van der Waals surface area contributed by atoms with Gasteiger partial charge in [-0.3, -0.25) is 0 Å². The molecule has 348 valence electrons. The number of rotatable bonds is 10. The van der Waals surface area contributed by atoms with Crippen LogP contribution in [0.4, 0.5) is 56.9 Å². The number of nitrogens with zero attached hydrogens (tertiary/aromatic N) is 4. The lowest BCUT2D eigenvalue weighted by Crippen LogP contribution is -2.45. The lowest BCUT2D eigenvalue weighted by molar-refractivity contribution is 0.333. The van der Waals surface area contributed by atoms with Crippen LogP contribution in [-0.4, -0.2) is 51.4 Å². The molecule has 6 unspecified atom stereocenters. The molecule has 0 radical (unpaired) electrons. The van der Waals surface area contributed by atoms with Gasteiger partial charge in [-0.05, 0) is 157 Å². The number of para-hydroxylation sites is 4. The van der Waals surface area contributed by atoms with Crippen LogP contribution >= 0.6 is 0 Å². The summed E-state index contributed by atoms with van der Waals surface area (Å²) in [4.78, 5) is 10.0. The Balaban J connectivity index is 0.774. The van der Waals surface area contributed by atoms with Crippen LogP contribution in [0.3, 0.4) is 0 Å². The lowest BCUT2D eigenvalue weighted by Gasteiger charge is -2.36. The molecular formula is C62H60N8. The highest BCUT2D eigenvalue weighted by molar-refractivity contribution is 5.83. The lowest BCUT2D eigenvalue weighted by atomic mass is 9.89. The van der Waals surface area contributed by atoms with E-state index in [9.17, 15) is 0 Å². The van der Waals surface area contributed by atoms with Gasteiger partial charge in [0, 0.05) is 107 Å². The number of benzene rings is 8. The minimum Gasteiger partial charge on any atom is -0.337 e. The van der Waals surface area contributed by atoms with Gasteiger partial charge < -0.3 is 40.9 Å². The highest BCUT2D eigenvalue weighted by Gasteiger charge is 2.43. The van der Waals surface area contributed by atoms with Crippen LogP contribution in [-0.2, 0) is 0 Å². The molecule has 0 aliphatic carbocycles. The van der Waals surface area contributed by atoms with E-state index in [1.807, 2.05) is 0 Å². The fraction of sp³-hybridized carbons (Fsp3) is 0.226. The molecule has 8 aromatic carbocycles. The van der Waals surface area contributed by atoms with Crippen LogP contribution < -0.4 is 40.9 Å².